The van der Waals surface area contributed by atoms with E-state index in [1.54, 1.807) is 0 Å². The topological polar surface area (TPSA) is 211 Å². The van der Waals surface area contributed by atoms with Crippen molar-refractivity contribution in [1.82, 2.24) is 0 Å². The van der Waals surface area contributed by atoms with Gasteiger partial charge in [-0.05, 0) is 35.1 Å². The third-order valence-electron chi connectivity index (χ3n) is 4.68. The Morgan fingerprint density at radius 2 is 1.19 bits per heavy atom. The molecule has 0 heterocycles. The van der Waals surface area contributed by atoms with Crippen molar-refractivity contribution in [3.05, 3.63) is 70.8 Å². The predicted octanol–water partition coefficient (Wildman–Crippen LogP) is 3.13. The SMILES string of the molecule is CC(=O)OC(C)=O.CCc1cccc(C(COC(C)=O)OC(C)=O)c1.CCc1cccc(C(O)CO)c1.O=S(=O)(O)O. The number of aliphatic hydroxyl groups excluding tert-OH is 2. The van der Waals surface area contributed by atoms with Gasteiger partial charge in [-0.1, -0.05) is 62.4 Å². The molecule has 0 fully saturated rings. The van der Waals surface area contributed by atoms with Crippen LogP contribution in [0.1, 0.15) is 76.0 Å². The molecule has 236 valence electrons. The summed E-state index contributed by atoms with van der Waals surface area (Å²) in [6, 6.07) is 15.4. The first-order chi connectivity index (χ1) is 19.4. The van der Waals surface area contributed by atoms with Crippen molar-refractivity contribution >= 4 is 34.3 Å². The van der Waals surface area contributed by atoms with Crippen LogP contribution >= 0.6 is 0 Å². The maximum atomic E-state index is 11.1. The zero-order valence-corrected chi connectivity index (χ0v) is 25.3. The minimum Gasteiger partial charge on any atom is -0.462 e. The molecule has 0 aliphatic heterocycles. The highest BCUT2D eigenvalue weighted by atomic mass is 32.3. The van der Waals surface area contributed by atoms with Crippen molar-refractivity contribution < 1.29 is 61.1 Å². The van der Waals surface area contributed by atoms with Gasteiger partial charge in [-0.25, -0.2) is 0 Å². The van der Waals surface area contributed by atoms with Gasteiger partial charge in [-0.3, -0.25) is 28.3 Å². The van der Waals surface area contributed by atoms with E-state index >= 15 is 0 Å². The zero-order valence-electron chi connectivity index (χ0n) is 24.5. The van der Waals surface area contributed by atoms with E-state index in [0.717, 1.165) is 29.5 Å². The van der Waals surface area contributed by atoms with Crippen LogP contribution in [0.2, 0.25) is 0 Å². The van der Waals surface area contributed by atoms with E-state index in [9.17, 15) is 24.3 Å². The molecule has 0 radical (unpaired) electrons. The lowest BCUT2D eigenvalue weighted by atomic mass is 10.0. The maximum absolute atomic E-state index is 11.1. The van der Waals surface area contributed by atoms with Crippen molar-refractivity contribution in [2.45, 2.75) is 66.6 Å². The molecule has 2 atom stereocenters. The van der Waals surface area contributed by atoms with Gasteiger partial charge in [0.2, 0.25) is 0 Å². The van der Waals surface area contributed by atoms with Crippen LogP contribution in [-0.2, 0) is 56.6 Å². The second-order valence-electron chi connectivity index (χ2n) is 8.33. The molecule has 0 aromatic heterocycles. The first kappa shape index (κ1) is 40.4. The van der Waals surface area contributed by atoms with Crippen LogP contribution in [0.5, 0.6) is 0 Å². The summed E-state index contributed by atoms with van der Waals surface area (Å²) in [4.78, 5) is 41.5. The van der Waals surface area contributed by atoms with Crippen LogP contribution in [0.3, 0.4) is 0 Å². The van der Waals surface area contributed by atoms with Gasteiger partial charge in [-0.15, -0.1) is 0 Å². The molecular weight excluding hydrogens is 576 g/mol. The first-order valence-corrected chi connectivity index (χ1v) is 14.0. The lowest BCUT2D eigenvalue weighted by molar-refractivity contribution is -0.156. The van der Waals surface area contributed by atoms with Gasteiger partial charge < -0.3 is 24.4 Å². The molecule has 0 saturated carbocycles. The molecule has 0 amide bonds. The average Bonchev–Trinajstić information content (AvgIpc) is 2.89. The summed E-state index contributed by atoms with van der Waals surface area (Å²) in [6.45, 7) is 8.96. The number of hydrogen-bond donors (Lipinski definition) is 4. The van der Waals surface area contributed by atoms with E-state index < -0.39 is 46.5 Å². The van der Waals surface area contributed by atoms with E-state index in [1.165, 1.54) is 33.3 Å². The van der Waals surface area contributed by atoms with Gasteiger partial charge in [0.15, 0.2) is 6.10 Å². The van der Waals surface area contributed by atoms with Gasteiger partial charge in [-0.2, -0.15) is 8.42 Å². The Hall–Kier alpha value is -3.69. The Bertz CT molecular complexity index is 1210. The monoisotopic (exact) mass is 616 g/mol. The van der Waals surface area contributed by atoms with Crippen molar-refractivity contribution in [3.8, 4) is 0 Å². The molecule has 2 aromatic rings. The van der Waals surface area contributed by atoms with E-state index in [0.29, 0.717) is 0 Å². The molecule has 2 rings (SSSR count). The van der Waals surface area contributed by atoms with Crippen LogP contribution < -0.4 is 0 Å². The van der Waals surface area contributed by atoms with E-state index in [-0.39, 0.29) is 13.2 Å². The molecule has 2 unspecified atom stereocenters. The minimum atomic E-state index is -4.67. The number of aryl methyl sites for hydroxylation is 2. The highest BCUT2D eigenvalue weighted by Gasteiger charge is 2.16. The summed E-state index contributed by atoms with van der Waals surface area (Å²) >= 11 is 0. The van der Waals surface area contributed by atoms with E-state index in [2.05, 4.69) is 11.7 Å². The van der Waals surface area contributed by atoms with Gasteiger partial charge >= 0.3 is 34.3 Å². The van der Waals surface area contributed by atoms with E-state index in [1.807, 2.05) is 55.5 Å². The Kier molecular flexibility index (Phi) is 21.2. The van der Waals surface area contributed by atoms with Gasteiger partial charge in [0.05, 0.1) is 6.61 Å². The third kappa shape index (κ3) is 24.1. The van der Waals surface area contributed by atoms with E-state index in [4.69, 9.17) is 32.1 Å². The standard InChI is InChI=1S/C14H18O4.C10H14O2.C4H6O3.H2O4S/c1-4-12-6-5-7-13(8-12)14(18-11(3)16)9-17-10(2)15;1-2-8-4-3-5-9(6-8)10(12)7-11;1-3(5)7-4(2)6;1-5(2,3)4/h5-8,14H,4,9H2,1-3H3;3-6,10-12H,2,7H2,1H3;1-2H3;(H2,1,2,3,4). The molecule has 0 saturated heterocycles. The molecule has 0 aliphatic rings. The molecular formula is C28H40O13S. The van der Waals surface area contributed by atoms with Crippen LogP contribution in [0.25, 0.3) is 0 Å². The van der Waals surface area contributed by atoms with Gasteiger partial charge in [0, 0.05) is 27.7 Å². The molecule has 0 spiro atoms. The number of hydrogen-bond acceptors (Lipinski definition) is 11. The number of carbonyl (C=O) groups is 4. The highest BCUT2D eigenvalue weighted by molar-refractivity contribution is 7.79. The summed E-state index contributed by atoms with van der Waals surface area (Å²) in [5.41, 5.74) is 3.95. The summed E-state index contributed by atoms with van der Waals surface area (Å²) in [5, 5.41) is 18.0. The summed E-state index contributed by atoms with van der Waals surface area (Å²) in [7, 11) is -4.67. The Morgan fingerprint density at radius 3 is 1.52 bits per heavy atom. The molecule has 4 N–H and O–H groups in total. The fourth-order valence-corrected chi connectivity index (χ4v) is 2.93. The minimum absolute atomic E-state index is 0.0437. The second-order valence-corrected chi connectivity index (χ2v) is 9.22. The molecule has 13 nitrogen and oxygen atoms in total. The Morgan fingerprint density at radius 1 is 0.762 bits per heavy atom. The molecule has 0 bridgehead atoms. The van der Waals surface area contributed by atoms with Crippen molar-refractivity contribution in [2.75, 3.05) is 13.2 Å². The van der Waals surface area contributed by atoms with Crippen molar-refractivity contribution in [3.63, 3.8) is 0 Å². The van der Waals surface area contributed by atoms with Crippen LogP contribution in [0.15, 0.2) is 48.5 Å². The maximum Gasteiger partial charge on any atom is 0.394 e. The number of aliphatic hydroxyl groups is 2. The van der Waals surface area contributed by atoms with Crippen molar-refractivity contribution in [1.29, 1.82) is 0 Å². The molecule has 42 heavy (non-hydrogen) atoms. The highest BCUT2D eigenvalue weighted by Crippen LogP contribution is 2.20. The predicted molar refractivity (Wildman–Crippen MR) is 151 cm³/mol. The lowest BCUT2D eigenvalue weighted by Gasteiger charge is -2.17. The van der Waals surface area contributed by atoms with Crippen molar-refractivity contribution in [2.24, 2.45) is 0 Å². The largest absolute Gasteiger partial charge is 0.462 e. The lowest BCUT2D eigenvalue weighted by Crippen LogP contribution is -2.16. The number of carbonyl (C=O) groups excluding carboxylic acids is 4. The summed E-state index contributed by atoms with van der Waals surface area (Å²) in [6.07, 6.45) is 0.564. The second kappa shape index (κ2) is 22.0. The van der Waals surface area contributed by atoms with Gasteiger partial charge in [0.1, 0.15) is 12.7 Å². The van der Waals surface area contributed by atoms with Gasteiger partial charge in [0.25, 0.3) is 0 Å². The fraction of sp³-hybridized carbons (Fsp3) is 0.429. The Labute approximate surface area is 246 Å². The quantitative estimate of drug-likeness (QED) is 0.145. The molecule has 2 aromatic carbocycles. The van der Waals surface area contributed by atoms with Crippen LogP contribution in [0, 0.1) is 0 Å². The fourth-order valence-electron chi connectivity index (χ4n) is 2.93. The third-order valence-corrected chi connectivity index (χ3v) is 4.68. The first-order valence-electron chi connectivity index (χ1n) is 12.6. The number of esters is 4. The summed E-state index contributed by atoms with van der Waals surface area (Å²) < 4.78 is 45.6. The number of ether oxygens (including phenoxy) is 3. The van der Waals surface area contributed by atoms with Crippen LogP contribution in [0.4, 0.5) is 0 Å². The molecule has 0 aliphatic carbocycles. The number of rotatable bonds is 8. The van der Waals surface area contributed by atoms with Crippen LogP contribution in [-0.4, -0.2) is 64.8 Å². The average molecular weight is 617 g/mol. The normalized spacial score (nSPS) is 11.4. The summed E-state index contributed by atoms with van der Waals surface area (Å²) in [5.74, 6) is -1.91. The smallest absolute Gasteiger partial charge is 0.394 e. The number of benzene rings is 2. The zero-order chi connectivity index (χ0) is 32.9. The molecule has 14 heteroatoms. The Balaban J connectivity index is 0.